The van der Waals surface area contributed by atoms with Crippen molar-refractivity contribution in [3.8, 4) is 0 Å². The number of nitrogens with zero attached hydrogens (tertiary/aromatic N) is 1. The van der Waals surface area contributed by atoms with Crippen LogP contribution in [0.25, 0.3) is 5.76 Å². The van der Waals surface area contributed by atoms with Crippen LogP contribution in [0.15, 0.2) is 29.2 Å². The average molecular weight is 282 g/mol. The Morgan fingerprint density at radius 1 is 1.37 bits per heavy atom. The first kappa shape index (κ1) is 13.4. The molecule has 0 saturated carbocycles. The molecule has 0 saturated heterocycles. The molecule has 2 rings (SSSR count). The first-order valence-corrected chi connectivity index (χ1v) is 7.15. The Bertz CT molecular complexity index is 664. The van der Waals surface area contributed by atoms with Crippen LogP contribution in [0.3, 0.4) is 0 Å². The highest BCUT2D eigenvalue weighted by Crippen LogP contribution is 2.36. The monoisotopic (exact) mass is 282 g/mol. The summed E-state index contributed by atoms with van der Waals surface area (Å²) in [6.45, 7) is 1.94. The van der Waals surface area contributed by atoms with Gasteiger partial charge in [-0.15, -0.1) is 0 Å². The van der Waals surface area contributed by atoms with Crippen LogP contribution in [0, 0.1) is 0 Å². The SMILES string of the molecule is CCNC(=O)C1=C(O)c2ccccc2N(C)S1(=O)=O. The number of amides is 1. The molecule has 0 unspecified atom stereocenters. The second-order valence-electron chi connectivity index (χ2n) is 4.03. The molecule has 102 valence electrons. The zero-order valence-corrected chi connectivity index (χ0v) is 11.4. The molecule has 0 aromatic heterocycles. The minimum atomic E-state index is -4.04. The van der Waals surface area contributed by atoms with Crippen molar-refractivity contribution in [1.29, 1.82) is 0 Å². The molecular weight excluding hydrogens is 268 g/mol. The fraction of sp³-hybridized carbons (Fsp3) is 0.250. The lowest BCUT2D eigenvalue weighted by Gasteiger charge is -2.28. The summed E-state index contributed by atoms with van der Waals surface area (Å²) in [5, 5.41) is 12.5. The summed E-state index contributed by atoms with van der Waals surface area (Å²) in [6.07, 6.45) is 0. The Labute approximate surface area is 111 Å². The van der Waals surface area contributed by atoms with E-state index in [1.54, 1.807) is 31.2 Å². The Morgan fingerprint density at radius 3 is 2.63 bits per heavy atom. The van der Waals surface area contributed by atoms with E-state index < -0.39 is 26.6 Å². The van der Waals surface area contributed by atoms with Gasteiger partial charge in [-0.2, -0.15) is 0 Å². The van der Waals surface area contributed by atoms with Gasteiger partial charge >= 0.3 is 0 Å². The summed E-state index contributed by atoms with van der Waals surface area (Å²) in [5.41, 5.74) is 0.661. The van der Waals surface area contributed by atoms with E-state index >= 15 is 0 Å². The van der Waals surface area contributed by atoms with Crippen molar-refractivity contribution in [1.82, 2.24) is 5.32 Å². The second-order valence-corrected chi connectivity index (χ2v) is 5.93. The van der Waals surface area contributed by atoms with E-state index in [0.717, 1.165) is 4.31 Å². The van der Waals surface area contributed by atoms with Gasteiger partial charge in [0.25, 0.3) is 15.9 Å². The summed E-state index contributed by atoms with van der Waals surface area (Å²) < 4.78 is 25.5. The fourth-order valence-electron chi connectivity index (χ4n) is 1.92. The topological polar surface area (TPSA) is 86.7 Å². The smallest absolute Gasteiger partial charge is 0.273 e. The molecule has 0 bridgehead atoms. The lowest BCUT2D eigenvalue weighted by Crippen LogP contribution is -2.39. The Kier molecular flexibility index (Phi) is 3.23. The number of hydrogen-bond acceptors (Lipinski definition) is 4. The maximum atomic E-state index is 12.2. The molecular formula is C12H14N2O4S. The highest BCUT2D eigenvalue weighted by Gasteiger charge is 2.39. The molecule has 1 heterocycles. The molecule has 1 aliphatic heterocycles. The maximum absolute atomic E-state index is 12.2. The van der Waals surface area contributed by atoms with Crippen molar-refractivity contribution in [2.75, 3.05) is 17.9 Å². The number of sulfonamides is 1. The van der Waals surface area contributed by atoms with Gasteiger partial charge in [-0.1, -0.05) is 12.1 Å². The van der Waals surface area contributed by atoms with Gasteiger partial charge in [-0.05, 0) is 19.1 Å². The van der Waals surface area contributed by atoms with Crippen LogP contribution < -0.4 is 9.62 Å². The summed E-state index contributed by atoms with van der Waals surface area (Å²) in [4.78, 5) is 11.2. The minimum absolute atomic E-state index is 0.274. The molecule has 1 aromatic rings. The Morgan fingerprint density at radius 2 is 2.00 bits per heavy atom. The number of nitrogens with one attached hydrogen (secondary N) is 1. The van der Waals surface area contributed by atoms with Gasteiger partial charge in [0.15, 0.2) is 10.7 Å². The van der Waals surface area contributed by atoms with E-state index in [2.05, 4.69) is 5.32 Å². The molecule has 0 atom stereocenters. The van der Waals surface area contributed by atoms with Gasteiger partial charge in [0, 0.05) is 19.2 Å². The zero-order valence-electron chi connectivity index (χ0n) is 10.5. The largest absolute Gasteiger partial charge is 0.506 e. The van der Waals surface area contributed by atoms with E-state index in [1.165, 1.54) is 7.05 Å². The van der Waals surface area contributed by atoms with Crippen LogP contribution in [0.4, 0.5) is 5.69 Å². The number of rotatable bonds is 2. The van der Waals surface area contributed by atoms with Gasteiger partial charge in [0.2, 0.25) is 0 Å². The third-order valence-electron chi connectivity index (χ3n) is 2.88. The highest BCUT2D eigenvalue weighted by atomic mass is 32.2. The number of benzene rings is 1. The second kappa shape index (κ2) is 4.58. The predicted octanol–water partition coefficient (Wildman–Crippen LogP) is 0.829. The molecule has 0 fully saturated rings. The maximum Gasteiger partial charge on any atom is 0.273 e. The molecule has 0 spiro atoms. The van der Waals surface area contributed by atoms with Crippen molar-refractivity contribution in [3.05, 3.63) is 34.7 Å². The van der Waals surface area contributed by atoms with E-state index in [9.17, 15) is 18.3 Å². The number of aliphatic hydroxyl groups is 1. The Balaban J connectivity index is 2.73. The summed E-state index contributed by atoms with van der Waals surface area (Å²) in [5.74, 6) is -1.32. The third-order valence-corrected chi connectivity index (χ3v) is 4.69. The highest BCUT2D eigenvalue weighted by molar-refractivity contribution is 7.97. The third kappa shape index (κ3) is 1.95. The van der Waals surface area contributed by atoms with Crippen molar-refractivity contribution in [2.45, 2.75) is 6.92 Å². The standard InChI is InChI=1S/C12H14N2O4S/c1-3-13-12(16)11-10(15)8-6-4-5-7-9(8)14(2)19(11,17)18/h4-7,15H,3H2,1-2H3,(H,13,16). The average Bonchev–Trinajstić information content (AvgIpc) is 2.36. The molecule has 19 heavy (non-hydrogen) atoms. The first-order valence-electron chi connectivity index (χ1n) is 5.71. The van der Waals surface area contributed by atoms with Gasteiger partial charge in [-0.25, -0.2) is 8.42 Å². The van der Waals surface area contributed by atoms with Crippen molar-refractivity contribution in [3.63, 3.8) is 0 Å². The summed E-state index contributed by atoms with van der Waals surface area (Å²) >= 11 is 0. The Hall–Kier alpha value is -2.02. The molecule has 1 aliphatic rings. The summed E-state index contributed by atoms with van der Waals surface area (Å²) in [6, 6.07) is 6.46. The number of fused-ring (bicyclic) bond motifs is 1. The zero-order chi connectivity index (χ0) is 14.2. The van der Waals surface area contributed by atoms with Gasteiger partial charge in [0.1, 0.15) is 0 Å². The van der Waals surface area contributed by atoms with E-state index in [-0.39, 0.29) is 6.54 Å². The van der Waals surface area contributed by atoms with E-state index in [0.29, 0.717) is 11.3 Å². The summed E-state index contributed by atoms with van der Waals surface area (Å²) in [7, 11) is -2.69. The van der Waals surface area contributed by atoms with Crippen LogP contribution in [-0.2, 0) is 14.8 Å². The van der Waals surface area contributed by atoms with Crippen molar-refractivity contribution < 1.29 is 18.3 Å². The lowest BCUT2D eigenvalue weighted by atomic mass is 10.1. The molecule has 6 nitrogen and oxygen atoms in total. The molecule has 0 aliphatic carbocycles. The number of likely N-dealkylation sites (N-methyl/N-ethyl adjacent to an activating group) is 1. The normalized spacial score (nSPS) is 17.1. The number of anilines is 1. The molecule has 1 amide bonds. The van der Waals surface area contributed by atoms with Crippen LogP contribution in [0.2, 0.25) is 0 Å². The predicted molar refractivity (Wildman–Crippen MR) is 72.0 cm³/mol. The first-order chi connectivity index (χ1) is 8.91. The fourth-order valence-corrected chi connectivity index (χ4v) is 3.28. The molecule has 0 radical (unpaired) electrons. The van der Waals surface area contributed by atoms with E-state index in [4.69, 9.17) is 0 Å². The van der Waals surface area contributed by atoms with Gasteiger partial charge in [-0.3, -0.25) is 9.10 Å². The molecule has 1 aromatic carbocycles. The van der Waals surface area contributed by atoms with Gasteiger partial charge in [0.05, 0.1) is 5.69 Å². The number of carbonyl (C=O) groups excluding carboxylic acids is 1. The number of carbonyl (C=O) groups is 1. The lowest BCUT2D eigenvalue weighted by molar-refractivity contribution is -0.116. The van der Waals surface area contributed by atoms with Crippen molar-refractivity contribution in [2.24, 2.45) is 0 Å². The molecule has 7 heteroatoms. The van der Waals surface area contributed by atoms with Crippen molar-refractivity contribution >= 4 is 27.4 Å². The molecule has 2 N–H and O–H groups in total. The van der Waals surface area contributed by atoms with E-state index in [1.807, 2.05) is 0 Å². The number of hydrogen-bond donors (Lipinski definition) is 2. The van der Waals surface area contributed by atoms with Crippen LogP contribution in [0.1, 0.15) is 12.5 Å². The minimum Gasteiger partial charge on any atom is -0.506 e. The van der Waals surface area contributed by atoms with Crippen LogP contribution in [-0.4, -0.2) is 33.0 Å². The number of aliphatic hydroxyl groups excluding tert-OH is 1. The van der Waals surface area contributed by atoms with Gasteiger partial charge < -0.3 is 10.4 Å². The van der Waals surface area contributed by atoms with Crippen LogP contribution >= 0.6 is 0 Å². The van der Waals surface area contributed by atoms with Crippen LogP contribution in [0.5, 0.6) is 0 Å². The quantitative estimate of drug-likeness (QED) is 0.841. The number of para-hydroxylation sites is 1.